The van der Waals surface area contributed by atoms with Crippen molar-refractivity contribution in [2.45, 2.75) is 0 Å². The minimum absolute atomic E-state index is 0.0876. The number of benzene rings is 2. The van der Waals surface area contributed by atoms with Crippen LogP contribution in [0, 0.1) is 0 Å². The number of hydrogen-bond donors (Lipinski definition) is 1. The van der Waals surface area contributed by atoms with E-state index in [9.17, 15) is 9.90 Å². The van der Waals surface area contributed by atoms with Crippen molar-refractivity contribution < 1.29 is 9.90 Å². The highest BCUT2D eigenvalue weighted by atomic mass is 35.5. The molecule has 2 aromatic carbocycles. The second-order valence-corrected chi connectivity index (χ2v) is 6.40. The van der Waals surface area contributed by atoms with E-state index in [2.05, 4.69) is 4.98 Å². The maximum absolute atomic E-state index is 11.5. The lowest BCUT2D eigenvalue weighted by Crippen LogP contribution is -1.96. The van der Waals surface area contributed by atoms with Crippen molar-refractivity contribution in [1.29, 1.82) is 0 Å². The molecular weight excluding hydrogens is 360 g/mol. The van der Waals surface area contributed by atoms with Crippen LogP contribution in [-0.2, 0) is 0 Å². The van der Waals surface area contributed by atoms with Gasteiger partial charge in [0.25, 0.3) is 0 Å². The van der Waals surface area contributed by atoms with Crippen molar-refractivity contribution in [1.82, 2.24) is 9.38 Å². The molecule has 4 aromatic rings. The molecule has 0 unspecified atom stereocenters. The number of aromatic nitrogens is 2. The largest absolute Gasteiger partial charge is 0.476 e. The second-order valence-electron chi connectivity index (χ2n) is 6.04. The first-order valence-electron chi connectivity index (χ1n) is 8.37. The Kier molecular flexibility index (Phi) is 4.48. The summed E-state index contributed by atoms with van der Waals surface area (Å²) in [5.41, 5.74) is 4.11. The molecule has 0 aliphatic carbocycles. The third kappa shape index (κ3) is 3.35. The molecule has 132 valence electrons. The summed E-state index contributed by atoms with van der Waals surface area (Å²) < 4.78 is 1.62. The van der Waals surface area contributed by atoms with E-state index in [0.29, 0.717) is 5.65 Å². The van der Waals surface area contributed by atoms with Crippen molar-refractivity contribution in [3.8, 4) is 11.1 Å². The van der Waals surface area contributed by atoms with Gasteiger partial charge in [-0.15, -0.1) is 0 Å². The quantitative estimate of drug-likeness (QED) is 0.511. The summed E-state index contributed by atoms with van der Waals surface area (Å²) in [6, 6.07) is 21.7. The average molecular weight is 375 g/mol. The number of carboxylic acids is 1. The number of carbonyl (C=O) groups is 1. The van der Waals surface area contributed by atoms with Crippen LogP contribution in [0.2, 0.25) is 5.15 Å². The predicted molar refractivity (Wildman–Crippen MR) is 108 cm³/mol. The van der Waals surface area contributed by atoms with Gasteiger partial charge in [-0.1, -0.05) is 84.4 Å². The van der Waals surface area contributed by atoms with Crippen LogP contribution in [0.15, 0.2) is 72.9 Å². The van der Waals surface area contributed by atoms with Crippen LogP contribution in [-0.4, -0.2) is 20.5 Å². The summed E-state index contributed by atoms with van der Waals surface area (Å²) in [7, 11) is 0. The fraction of sp³-hybridized carbons (Fsp3) is 0. The third-order valence-electron chi connectivity index (χ3n) is 4.25. The first kappa shape index (κ1) is 17.1. The zero-order valence-electron chi connectivity index (χ0n) is 14.2. The molecule has 2 aromatic heterocycles. The summed E-state index contributed by atoms with van der Waals surface area (Å²) in [5, 5.41) is 9.46. The summed E-state index contributed by atoms with van der Waals surface area (Å²) in [4.78, 5) is 15.7. The molecule has 0 aliphatic rings. The molecule has 0 fully saturated rings. The van der Waals surface area contributed by atoms with Gasteiger partial charge in [-0.3, -0.25) is 4.40 Å². The monoisotopic (exact) mass is 374 g/mol. The lowest BCUT2D eigenvalue weighted by Gasteiger charge is -2.07. The van der Waals surface area contributed by atoms with Crippen LogP contribution in [0.1, 0.15) is 21.6 Å². The molecule has 0 saturated carbocycles. The molecular formula is C22H15ClN2O2. The van der Waals surface area contributed by atoms with Gasteiger partial charge in [0.1, 0.15) is 10.8 Å². The molecule has 4 nitrogen and oxygen atoms in total. The molecule has 0 bridgehead atoms. The molecule has 0 atom stereocenters. The highest BCUT2D eigenvalue weighted by molar-refractivity contribution is 6.32. The van der Waals surface area contributed by atoms with Gasteiger partial charge in [0.2, 0.25) is 0 Å². The molecule has 0 saturated heterocycles. The van der Waals surface area contributed by atoms with Crippen LogP contribution in [0.3, 0.4) is 0 Å². The van der Waals surface area contributed by atoms with Gasteiger partial charge < -0.3 is 5.11 Å². The molecule has 0 spiro atoms. The van der Waals surface area contributed by atoms with Crippen LogP contribution in [0.25, 0.3) is 28.9 Å². The van der Waals surface area contributed by atoms with Gasteiger partial charge in [-0.2, -0.15) is 0 Å². The number of aromatic carboxylic acids is 1. The van der Waals surface area contributed by atoms with Crippen molar-refractivity contribution in [2.24, 2.45) is 0 Å². The van der Waals surface area contributed by atoms with E-state index in [1.165, 1.54) is 0 Å². The number of nitrogens with zero attached hydrogens (tertiary/aromatic N) is 2. The molecule has 4 rings (SSSR count). The van der Waals surface area contributed by atoms with Gasteiger partial charge in [0.05, 0.1) is 0 Å². The number of hydrogen-bond acceptors (Lipinski definition) is 2. The smallest absolute Gasteiger partial charge is 0.357 e. The molecule has 0 radical (unpaired) electrons. The van der Waals surface area contributed by atoms with E-state index >= 15 is 0 Å². The molecule has 1 N–H and O–H groups in total. The molecule has 27 heavy (non-hydrogen) atoms. The van der Waals surface area contributed by atoms with Crippen molar-refractivity contribution in [3.63, 3.8) is 0 Å². The van der Waals surface area contributed by atoms with Crippen molar-refractivity contribution in [2.75, 3.05) is 0 Å². The Labute approximate surface area is 161 Å². The Balaban J connectivity index is 1.93. The normalized spacial score (nSPS) is 11.3. The maximum Gasteiger partial charge on any atom is 0.357 e. The van der Waals surface area contributed by atoms with Crippen molar-refractivity contribution in [3.05, 3.63) is 94.9 Å². The summed E-state index contributed by atoms with van der Waals surface area (Å²) >= 11 is 6.30. The molecule has 2 heterocycles. The Bertz CT molecular complexity index is 1150. The lowest BCUT2D eigenvalue weighted by atomic mass is 10.0. The number of fused-ring (bicyclic) bond motifs is 1. The number of halogens is 1. The fourth-order valence-corrected chi connectivity index (χ4v) is 3.19. The first-order chi connectivity index (χ1) is 13.1. The fourth-order valence-electron chi connectivity index (χ4n) is 2.94. The van der Waals surface area contributed by atoms with E-state index in [1.807, 2.05) is 85.1 Å². The van der Waals surface area contributed by atoms with Gasteiger partial charge >= 0.3 is 5.97 Å². The Hall–Kier alpha value is -3.37. The minimum atomic E-state index is -1.15. The van der Waals surface area contributed by atoms with Crippen LogP contribution in [0.4, 0.5) is 0 Å². The Morgan fingerprint density at radius 2 is 1.63 bits per heavy atom. The number of imidazole rings is 1. The van der Waals surface area contributed by atoms with Crippen LogP contribution >= 0.6 is 11.6 Å². The van der Waals surface area contributed by atoms with E-state index in [1.54, 1.807) is 4.40 Å². The van der Waals surface area contributed by atoms with Crippen molar-refractivity contribution >= 4 is 35.4 Å². The zero-order valence-corrected chi connectivity index (χ0v) is 15.0. The summed E-state index contributed by atoms with van der Waals surface area (Å²) in [6.45, 7) is 0. The Morgan fingerprint density at radius 1 is 0.963 bits per heavy atom. The predicted octanol–water partition coefficient (Wildman–Crippen LogP) is 5.52. The zero-order chi connectivity index (χ0) is 18.8. The highest BCUT2D eigenvalue weighted by Gasteiger charge is 2.19. The van der Waals surface area contributed by atoms with E-state index in [0.717, 1.165) is 22.3 Å². The number of pyridine rings is 1. The number of rotatable bonds is 4. The van der Waals surface area contributed by atoms with E-state index < -0.39 is 5.97 Å². The topological polar surface area (TPSA) is 54.6 Å². The second kappa shape index (κ2) is 7.09. The van der Waals surface area contributed by atoms with Crippen LogP contribution in [0.5, 0.6) is 0 Å². The van der Waals surface area contributed by atoms with E-state index in [-0.39, 0.29) is 10.8 Å². The SMILES string of the molecule is O=C(O)c1nc2c(/C=C/c3ccccc3)cc(-c3ccccc3)cn2c1Cl. The standard InChI is InChI=1S/C22H15ClN2O2/c23-20-19(22(26)27)24-21-17(12-11-15-7-3-1-4-8-15)13-18(14-25(20)21)16-9-5-2-6-10-16/h1-14H,(H,26,27)/b12-11+. The highest BCUT2D eigenvalue weighted by Crippen LogP contribution is 2.28. The van der Waals surface area contributed by atoms with Gasteiger partial charge in [-0.05, 0) is 22.8 Å². The molecule has 0 amide bonds. The summed E-state index contributed by atoms with van der Waals surface area (Å²) in [6.07, 6.45) is 5.70. The van der Waals surface area contributed by atoms with Gasteiger partial charge in [0, 0.05) is 11.8 Å². The third-order valence-corrected chi connectivity index (χ3v) is 4.62. The van der Waals surface area contributed by atoms with Crippen LogP contribution < -0.4 is 0 Å². The first-order valence-corrected chi connectivity index (χ1v) is 8.75. The van der Waals surface area contributed by atoms with E-state index in [4.69, 9.17) is 11.6 Å². The lowest BCUT2D eigenvalue weighted by molar-refractivity contribution is 0.0691. The molecule has 0 aliphatic heterocycles. The minimum Gasteiger partial charge on any atom is -0.476 e. The Morgan fingerprint density at radius 3 is 2.30 bits per heavy atom. The van der Waals surface area contributed by atoms with Gasteiger partial charge in [-0.25, -0.2) is 9.78 Å². The average Bonchev–Trinajstić information content (AvgIpc) is 3.05. The van der Waals surface area contributed by atoms with Gasteiger partial charge in [0.15, 0.2) is 5.69 Å². The summed E-state index contributed by atoms with van der Waals surface area (Å²) in [5.74, 6) is -1.15. The maximum atomic E-state index is 11.5. The molecule has 5 heteroatoms. The number of carboxylic acid groups (broad SMARTS) is 1.